The number of terminal acetylenes is 1. The van der Waals surface area contributed by atoms with E-state index in [1.165, 1.54) is 0 Å². The van der Waals surface area contributed by atoms with Crippen molar-refractivity contribution in [2.75, 3.05) is 6.54 Å². The zero-order chi connectivity index (χ0) is 12.3. The van der Waals surface area contributed by atoms with E-state index >= 15 is 0 Å². The van der Waals surface area contributed by atoms with Gasteiger partial charge in [0.15, 0.2) is 0 Å². The molecule has 1 aromatic carbocycles. The molecule has 0 aliphatic heterocycles. The number of fused-ring (bicyclic) bond motifs is 1. The van der Waals surface area contributed by atoms with E-state index in [1.54, 1.807) is 0 Å². The fraction of sp³-hybridized carbons (Fsp3) is 0.154. The van der Waals surface area contributed by atoms with E-state index in [1.807, 2.05) is 35.0 Å². The molecular weight excluding hydrogens is 280 g/mol. The fourth-order valence-electron chi connectivity index (χ4n) is 1.67. The van der Waals surface area contributed by atoms with Gasteiger partial charge in [0.25, 0.3) is 0 Å². The van der Waals surface area contributed by atoms with Crippen molar-refractivity contribution in [2.45, 2.75) is 6.54 Å². The molecular formula is C13H11BrN2O. The lowest BCUT2D eigenvalue weighted by Crippen LogP contribution is -2.27. The van der Waals surface area contributed by atoms with E-state index in [0.29, 0.717) is 0 Å². The minimum absolute atomic E-state index is 0.0802. The third kappa shape index (κ3) is 2.69. The maximum Gasteiger partial charge on any atom is 0.240 e. The summed E-state index contributed by atoms with van der Waals surface area (Å²) in [7, 11) is 0. The molecule has 3 nitrogen and oxygen atoms in total. The highest BCUT2D eigenvalue weighted by Gasteiger charge is 2.05. The molecule has 1 heterocycles. The highest BCUT2D eigenvalue weighted by atomic mass is 79.9. The normalized spacial score (nSPS) is 10.1. The molecule has 2 aromatic rings. The van der Waals surface area contributed by atoms with Crippen LogP contribution in [0.2, 0.25) is 0 Å². The summed E-state index contributed by atoms with van der Waals surface area (Å²) in [6.07, 6.45) is 6.98. The molecule has 0 spiro atoms. The summed E-state index contributed by atoms with van der Waals surface area (Å²) < 4.78 is 2.92. The zero-order valence-corrected chi connectivity index (χ0v) is 10.7. The van der Waals surface area contributed by atoms with Crippen molar-refractivity contribution >= 4 is 32.7 Å². The van der Waals surface area contributed by atoms with Gasteiger partial charge in [0.1, 0.15) is 6.54 Å². The maximum atomic E-state index is 11.5. The topological polar surface area (TPSA) is 34.0 Å². The maximum absolute atomic E-state index is 11.5. The first-order valence-electron chi connectivity index (χ1n) is 5.15. The number of amides is 1. The molecule has 0 saturated heterocycles. The van der Waals surface area contributed by atoms with E-state index < -0.39 is 0 Å². The summed E-state index contributed by atoms with van der Waals surface area (Å²) in [4.78, 5) is 11.5. The molecule has 0 atom stereocenters. The Balaban J connectivity index is 2.20. The second-order valence-corrected chi connectivity index (χ2v) is 4.54. The number of nitrogens with one attached hydrogen (secondary N) is 1. The van der Waals surface area contributed by atoms with Crippen molar-refractivity contribution in [1.82, 2.24) is 9.88 Å². The Bertz CT molecular complexity index is 595. The van der Waals surface area contributed by atoms with Crippen LogP contribution in [-0.4, -0.2) is 17.0 Å². The van der Waals surface area contributed by atoms with Gasteiger partial charge in [-0.05, 0) is 24.3 Å². The summed E-state index contributed by atoms with van der Waals surface area (Å²) in [6.45, 7) is 0.552. The lowest BCUT2D eigenvalue weighted by Gasteiger charge is -2.05. The third-order valence-corrected chi connectivity index (χ3v) is 2.93. The molecule has 4 heteroatoms. The van der Waals surface area contributed by atoms with Crippen LogP contribution in [-0.2, 0) is 11.3 Å². The highest BCUT2D eigenvalue weighted by molar-refractivity contribution is 9.10. The molecule has 1 amide bonds. The Labute approximate surface area is 108 Å². The van der Waals surface area contributed by atoms with Crippen molar-refractivity contribution in [2.24, 2.45) is 0 Å². The van der Waals surface area contributed by atoms with Gasteiger partial charge in [0.2, 0.25) is 5.91 Å². The number of hydrogen-bond acceptors (Lipinski definition) is 1. The third-order valence-electron chi connectivity index (χ3n) is 2.43. The number of hydrogen-bond donors (Lipinski definition) is 1. The molecule has 0 bridgehead atoms. The van der Waals surface area contributed by atoms with E-state index in [9.17, 15) is 4.79 Å². The fourth-order valence-corrected chi connectivity index (χ4v) is 2.05. The van der Waals surface area contributed by atoms with Crippen molar-refractivity contribution < 1.29 is 4.79 Å². The van der Waals surface area contributed by atoms with Crippen molar-refractivity contribution in [3.05, 3.63) is 34.9 Å². The van der Waals surface area contributed by atoms with Gasteiger partial charge in [-0.2, -0.15) is 0 Å². The van der Waals surface area contributed by atoms with E-state index in [2.05, 4.69) is 27.2 Å². The van der Waals surface area contributed by atoms with Crippen LogP contribution in [0.5, 0.6) is 0 Å². The van der Waals surface area contributed by atoms with Gasteiger partial charge >= 0.3 is 0 Å². The second-order valence-electron chi connectivity index (χ2n) is 3.63. The number of halogens is 1. The number of carbonyl (C=O) groups is 1. The minimum atomic E-state index is -0.0802. The predicted molar refractivity (Wildman–Crippen MR) is 71.5 cm³/mol. The van der Waals surface area contributed by atoms with Crippen molar-refractivity contribution in [3.63, 3.8) is 0 Å². The van der Waals surface area contributed by atoms with Crippen LogP contribution in [0.4, 0.5) is 0 Å². The van der Waals surface area contributed by atoms with Crippen LogP contribution in [0.3, 0.4) is 0 Å². The Morgan fingerprint density at radius 1 is 1.47 bits per heavy atom. The summed E-state index contributed by atoms with van der Waals surface area (Å²) >= 11 is 3.42. The van der Waals surface area contributed by atoms with Crippen LogP contribution >= 0.6 is 15.9 Å². The predicted octanol–water partition coefficient (Wildman–Crippen LogP) is 2.15. The number of aromatic nitrogens is 1. The SMILES string of the molecule is C#CCNC(=O)Cn1ccc2cc(Br)ccc21. The van der Waals surface area contributed by atoms with Gasteiger partial charge < -0.3 is 9.88 Å². The number of rotatable bonds is 3. The lowest BCUT2D eigenvalue weighted by atomic mass is 10.2. The summed E-state index contributed by atoms with van der Waals surface area (Å²) in [5.41, 5.74) is 1.03. The zero-order valence-electron chi connectivity index (χ0n) is 9.11. The van der Waals surface area contributed by atoms with Gasteiger partial charge in [-0.15, -0.1) is 6.42 Å². The minimum Gasteiger partial charge on any atom is -0.344 e. The summed E-state index contributed by atoms with van der Waals surface area (Å²) in [5, 5.41) is 3.74. The first-order valence-corrected chi connectivity index (χ1v) is 5.94. The van der Waals surface area contributed by atoms with Crippen molar-refractivity contribution in [3.8, 4) is 12.3 Å². The lowest BCUT2D eigenvalue weighted by molar-refractivity contribution is -0.121. The molecule has 0 fully saturated rings. The van der Waals surface area contributed by atoms with E-state index in [4.69, 9.17) is 6.42 Å². The van der Waals surface area contributed by atoms with Gasteiger partial charge in [-0.1, -0.05) is 21.9 Å². The average Bonchev–Trinajstić information content (AvgIpc) is 2.69. The van der Waals surface area contributed by atoms with Gasteiger partial charge in [0.05, 0.1) is 6.54 Å². The van der Waals surface area contributed by atoms with Crippen LogP contribution in [0, 0.1) is 12.3 Å². The molecule has 0 radical (unpaired) electrons. The Hall–Kier alpha value is -1.73. The van der Waals surface area contributed by atoms with E-state index in [0.717, 1.165) is 15.4 Å². The molecule has 0 aliphatic carbocycles. The largest absolute Gasteiger partial charge is 0.344 e. The second kappa shape index (κ2) is 5.07. The summed E-state index contributed by atoms with van der Waals surface area (Å²) in [6, 6.07) is 7.94. The highest BCUT2D eigenvalue weighted by Crippen LogP contribution is 2.20. The molecule has 0 saturated carbocycles. The average molecular weight is 291 g/mol. The number of benzene rings is 1. The molecule has 17 heavy (non-hydrogen) atoms. The Morgan fingerprint density at radius 3 is 3.06 bits per heavy atom. The molecule has 86 valence electrons. The standard InChI is InChI=1S/C13H11BrN2O/c1-2-6-15-13(17)9-16-7-5-10-8-11(14)3-4-12(10)16/h1,3-5,7-8H,6,9H2,(H,15,17). The van der Waals surface area contributed by atoms with Gasteiger partial charge in [-0.25, -0.2) is 0 Å². The van der Waals surface area contributed by atoms with Crippen molar-refractivity contribution in [1.29, 1.82) is 0 Å². The Kier molecular flexibility index (Phi) is 3.50. The smallest absolute Gasteiger partial charge is 0.240 e. The molecule has 1 aromatic heterocycles. The number of nitrogens with zero attached hydrogens (tertiary/aromatic N) is 1. The van der Waals surface area contributed by atoms with Crippen LogP contribution < -0.4 is 5.32 Å². The van der Waals surface area contributed by atoms with Crippen LogP contribution in [0.15, 0.2) is 34.9 Å². The molecule has 1 N–H and O–H groups in total. The quantitative estimate of drug-likeness (QED) is 0.864. The van der Waals surface area contributed by atoms with E-state index in [-0.39, 0.29) is 19.0 Å². The first kappa shape index (κ1) is 11.7. The molecule has 0 unspecified atom stereocenters. The number of carbonyl (C=O) groups excluding carboxylic acids is 1. The first-order chi connectivity index (χ1) is 8.20. The monoisotopic (exact) mass is 290 g/mol. The van der Waals surface area contributed by atoms with Crippen LogP contribution in [0.1, 0.15) is 0 Å². The molecule has 2 rings (SSSR count). The summed E-state index contributed by atoms with van der Waals surface area (Å²) in [5.74, 6) is 2.30. The van der Waals surface area contributed by atoms with Crippen LogP contribution in [0.25, 0.3) is 10.9 Å². The molecule has 0 aliphatic rings. The van der Waals surface area contributed by atoms with Gasteiger partial charge in [-0.3, -0.25) is 4.79 Å². The van der Waals surface area contributed by atoms with Gasteiger partial charge in [0, 0.05) is 21.6 Å². The Morgan fingerprint density at radius 2 is 2.29 bits per heavy atom.